The van der Waals surface area contributed by atoms with E-state index in [-0.39, 0.29) is 23.3 Å². The Morgan fingerprint density at radius 1 is 0.892 bits per heavy atom. The maximum atomic E-state index is 12.8. The fourth-order valence-electron chi connectivity index (χ4n) is 4.32. The van der Waals surface area contributed by atoms with Crippen LogP contribution in [0.15, 0.2) is 57.2 Å². The van der Waals surface area contributed by atoms with Crippen LogP contribution in [0, 0.1) is 0 Å². The van der Waals surface area contributed by atoms with Crippen molar-refractivity contribution in [3.05, 3.63) is 59.7 Å². The van der Waals surface area contributed by atoms with Crippen LogP contribution < -0.4 is 16.4 Å². The van der Waals surface area contributed by atoms with Crippen LogP contribution >= 0.6 is 46.2 Å². The van der Waals surface area contributed by atoms with Gasteiger partial charge in [-0.15, -0.1) is 21.5 Å². The van der Waals surface area contributed by atoms with Gasteiger partial charge in [-0.25, -0.2) is 4.98 Å². The molecule has 0 radical (unpaired) electrons. The molecule has 1 aliphatic carbocycles. The molecule has 5 aromatic rings. The number of thioether (sulfide) groups is 2. The van der Waals surface area contributed by atoms with E-state index in [0.717, 1.165) is 38.5 Å². The molecule has 37 heavy (non-hydrogen) atoms. The number of fused-ring (bicyclic) bond motifs is 1. The van der Waals surface area contributed by atoms with Gasteiger partial charge in [0, 0.05) is 16.8 Å². The van der Waals surface area contributed by atoms with E-state index in [1.54, 1.807) is 0 Å². The average Bonchev–Trinajstić information content (AvgIpc) is 3.62. The molecule has 3 aromatic carbocycles. The summed E-state index contributed by atoms with van der Waals surface area (Å²) in [5.74, 6) is 0.271. The van der Waals surface area contributed by atoms with Gasteiger partial charge in [0.1, 0.15) is 0 Å². The van der Waals surface area contributed by atoms with Gasteiger partial charge in [-0.3, -0.25) is 9.59 Å². The lowest BCUT2D eigenvalue weighted by Gasteiger charge is -2.10. The molecule has 4 N–H and O–H groups in total. The Labute approximate surface area is 228 Å². The molecule has 0 unspecified atom stereocenters. The van der Waals surface area contributed by atoms with E-state index in [1.807, 2.05) is 24.3 Å². The first-order valence-electron chi connectivity index (χ1n) is 11.4. The third kappa shape index (κ3) is 5.28. The van der Waals surface area contributed by atoms with Crippen molar-refractivity contribution in [1.82, 2.24) is 15.2 Å². The van der Waals surface area contributed by atoms with Gasteiger partial charge in [0.15, 0.2) is 8.68 Å². The molecule has 8 nitrogen and oxygen atoms in total. The quantitative estimate of drug-likeness (QED) is 0.213. The lowest BCUT2D eigenvalue weighted by molar-refractivity contribution is -0.114. The fraction of sp³-hybridized carbons (Fsp3) is 0.160. The summed E-state index contributed by atoms with van der Waals surface area (Å²) in [6.07, 6.45) is 2.11. The highest BCUT2D eigenvalue weighted by Gasteiger charge is 2.17. The number of aryl methyl sites for hydroxylation is 2. The largest absolute Gasteiger partial charge is 0.374 e. The Hall–Kier alpha value is -3.19. The van der Waals surface area contributed by atoms with Gasteiger partial charge in [0.25, 0.3) is 0 Å². The lowest BCUT2D eigenvalue weighted by atomic mass is 10.0. The number of rotatable bonds is 8. The second kappa shape index (κ2) is 10.3. The molecule has 0 fully saturated rings. The number of amides is 2. The number of hydrogen-bond acceptors (Lipinski definition) is 10. The summed E-state index contributed by atoms with van der Waals surface area (Å²) < 4.78 is 2.40. The molecule has 0 atom stereocenters. The zero-order chi connectivity index (χ0) is 25.4. The van der Waals surface area contributed by atoms with E-state index in [0.29, 0.717) is 15.2 Å². The zero-order valence-electron chi connectivity index (χ0n) is 19.3. The molecule has 12 heteroatoms. The van der Waals surface area contributed by atoms with Gasteiger partial charge in [0.05, 0.1) is 21.7 Å². The number of nitrogens with one attached hydrogen (secondary N) is 2. The van der Waals surface area contributed by atoms with Crippen molar-refractivity contribution in [1.29, 1.82) is 0 Å². The Kier molecular flexibility index (Phi) is 6.72. The van der Waals surface area contributed by atoms with E-state index in [1.165, 1.54) is 62.7 Å². The number of nitrogens with zero attached hydrogens (tertiary/aromatic N) is 3. The molecule has 0 bridgehead atoms. The van der Waals surface area contributed by atoms with Crippen molar-refractivity contribution >= 4 is 95.5 Å². The molecule has 6 rings (SSSR count). The summed E-state index contributed by atoms with van der Waals surface area (Å²) in [5, 5.41) is 16.4. The summed E-state index contributed by atoms with van der Waals surface area (Å²) in [4.78, 5) is 29.7. The number of nitrogens with two attached hydrogens (primary N) is 1. The Morgan fingerprint density at radius 2 is 1.68 bits per heavy atom. The molecule has 0 saturated heterocycles. The number of thiazole rings is 1. The van der Waals surface area contributed by atoms with Gasteiger partial charge < -0.3 is 16.4 Å². The van der Waals surface area contributed by atoms with Crippen molar-refractivity contribution in [2.75, 3.05) is 27.9 Å². The molecule has 2 amide bonds. The highest BCUT2D eigenvalue weighted by Crippen LogP contribution is 2.36. The maximum absolute atomic E-state index is 12.8. The molecular formula is C25H20N6O2S4. The number of aromatic nitrogens is 3. The van der Waals surface area contributed by atoms with Crippen molar-refractivity contribution < 1.29 is 9.59 Å². The third-order valence-corrected chi connectivity index (χ3v) is 9.93. The van der Waals surface area contributed by atoms with Crippen LogP contribution in [0.25, 0.3) is 21.0 Å². The topological polar surface area (TPSA) is 123 Å². The van der Waals surface area contributed by atoms with Crippen molar-refractivity contribution in [3.63, 3.8) is 0 Å². The minimum absolute atomic E-state index is 0.0643. The van der Waals surface area contributed by atoms with Crippen LogP contribution in [0.5, 0.6) is 0 Å². The number of carbonyl (C=O) groups is 2. The highest BCUT2D eigenvalue weighted by atomic mass is 32.2. The smallest absolute Gasteiger partial charge is 0.234 e. The van der Waals surface area contributed by atoms with E-state index < -0.39 is 0 Å². The van der Waals surface area contributed by atoms with E-state index in [4.69, 9.17) is 5.73 Å². The van der Waals surface area contributed by atoms with Crippen molar-refractivity contribution in [3.8, 4) is 0 Å². The minimum Gasteiger partial charge on any atom is -0.374 e. The van der Waals surface area contributed by atoms with Gasteiger partial charge >= 0.3 is 0 Å². The Bertz CT molecular complexity index is 1650. The summed E-state index contributed by atoms with van der Waals surface area (Å²) in [7, 11) is 0. The predicted octanol–water partition coefficient (Wildman–Crippen LogP) is 5.44. The first kappa shape index (κ1) is 24.2. The van der Waals surface area contributed by atoms with Crippen LogP contribution in [0.1, 0.15) is 11.1 Å². The number of anilines is 3. The van der Waals surface area contributed by atoms with E-state index in [2.05, 4.69) is 50.1 Å². The molecule has 0 aliphatic heterocycles. The predicted molar refractivity (Wildman–Crippen MR) is 154 cm³/mol. The monoisotopic (exact) mass is 564 g/mol. The first-order chi connectivity index (χ1) is 18.0. The van der Waals surface area contributed by atoms with Crippen molar-refractivity contribution in [2.45, 2.75) is 21.5 Å². The van der Waals surface area contributed by atoms with Crippen LogP contribution in [0.4, 0.5) is 16.5 Å². The average molecular weight is 565 g/mol. The Balaban J connectivity index is 1.06. The standard InChI is InChI=1S/C25H20N6O2S4/c26-23-30-31-25(37-23)35-11-20(32)27-15-7-9-18-19(10-15)36-24(29-18)34-12-21(33)28-17-8-6-14-5-4-13-2-1-3-16(17)22(13)14/h1-3,6-10H,4-5,11-12H2,(H2,26,30)(H,27,32)(H,28,33). The number of carbonyl (C=O) groups excluding carboxylic acids is 2. The van der Waals surface area contributed by atoms with E-state index >= 15 is 0 Å². The minimum atomic E-state index is -0.142. The van der Waals surface area contributed by atoms with Crippen LogP contribution in [0.2, 0.25) is 0 Å². The summed E-state index contributed by atoms with van der Waals surface area (Å²) >= 11 is 5.45. The molecule has 2 heterocycles. The molecule has 1 aliphatic rings. The van der Waals surface area contributed by atoms with Crippen LogP contribution in [0.3, 0.4) is 0 Å². The van der Waals surface area contributed by atoms with Crippen LogP contribution in [-0.4, -0.2) is 38.5 Å². The van der Waals surface area contributed by atoms with Gasteiger partial charge in [-0.1, -0.05) is 59.1 Å². The molecule has 0 saturated carbocycles. The molecule has 186 valence electrons. The second-order valence-electron chi connectivity index (χ2n) is 8.35. The second-order valence-corrected chi connectivity index (χ2v) is 12.8. The SMILES string of the molecule is Nc1nnc(SCC(=O)Nc2ccc3nc(SCC(=O)Nc4ccc5c6c(cccc46)CC5)sc3c2)s1. The van der Waals surface area contributed by atoms with Gasteiger partial charge in [-0.2, -0.15) is 0 Å². The zero-order valence-corrected chi connectivity index (χ0v) is 22.6. The van der Waals surface area contributed by atoms with E-state index in [9.17, 15) is 9.59 Å². The summed E-state index contributed by atoms with van der Waals surface area (Å²) in [5.41, 5.74) is 10.6. The number of nitrogen functional groups attached to an aromatic ring is 1. The Morgan fingerprint density at radius 3 is 2.49 bits per heavy atom. The molecular weight excluding hydrogens is 545 g/mol. The van der Waals surface area contributed by atoms with Crippen molar-refractivity contribution in [2.24, 2.45) is 0 Å². The summed E-state index contributed by atoms with van der Waals surface area (Å²) in [6, 6.07) is 16.0. The summed E-state index contributed by atoms with van der Waals surface area (Å²) in [6.45, 7) is 0. The number of hydrogen-bond donors (Lipinski definition) is 3. The maximum Gasteiger partial charge on any atom is 0.234 e. The van der Waals surface area contributed by atoms with Crippen LogP contribution in [-0.2, 0) is 22.4 Å². The lowest BCUT2D eigenvalue weighted by Crippen LogP contribution is -2.14. The van der Waals surface area contributed by atoms with Gasteiger partial charge in [-0.05, 0) is 53.6 Å². The van der Waals surface area contributed by atoms with Gasteiger partial charge in [0.2, 0.25) is 16.9 Å². The highest BCUT2D eigenvalue weighted by molar-refractivity contribution is 8.02. The molecule has 0 spiro atoms. The fourth-order valence-corrected chi connectivity index (χ4v) is 7.66. The molecule has 2 aromatic heterocycles. The normalized spacial score (nSPS) is 12.3. The third-order valence-electron chi connectivity index (χ3n) is 5.88. The first-order valence-corrected chi connectivity index (χ1v) is 15.0. The number of benzene rings is 3.